The zero-order valence-electron chi connectivity index (χ0n) is 13.0. The maximum Gasteiger partial charge on any atom is 0.251 e. The molecule has 0 radical (unpaired) electrons. The van der Waals surface area contributed by atoms with Crippen molar-refractivity contribution in [2.24, 2.45) is 0 Å². The van der Waals surface area contributed by atoms with Crippen LogP contribution in [0.1, 0.15) is 23.9 Å². The fourth-order valence-electron chi connectivity index (χ4n) is 2.00. The number of nitrogens with zero attached hydrogens (tertiary/aromatic N) is 3. The van der Waals surface area contributed by atoms with Crippen LogP contribution in [0.4, 0.5) is 0 Å². The van der Waals surface area contributed by atoms with E-state index in [-0.39, 0.29) is 16.7 Å². The standard InChI is InChI=1S/C14H19N5O2S/c1-8-5-12(20)17-14(16-8)22-10(3)13(21)19(4)7-11-6-15-18-9(11)2/h5-6,10H,7H2,1-4H3,(H,15,18)(H,16,17,20)/t10-/m0/s1. The van der Waals surface area contributed by atoms with Crippen molar-refractivity contribution < 1.29 is 4.79 Å². The van der Waals surface area contributed by atoms with Crippen molar-refractivity contribution >= 4 is 17.7 Å². The van der Waals surface area contributed by atoms with Crippen LogP contribution < -0.4 is 5.56 Å². The summed E-state index contributed by atoms with van der Waals surface area (Å²) in [6, 6.07) is 1.42. The predicted octanol–water partition coefficient (Wildman–Crippen LogP) is 1.25. The first-order valence-electron chi connectivity index (χ1n) is 6.85. The summed E-state index contributed by atoms with van der Waals surface area (Å²) in [5, 5.41) is 6.91. The van der Waals surface area contributed by atoms with Gasteiger partial charge in [-0.05, 0) is 20.8 Å². The summed E-state index contributed by atoms with van der Waals surface area (Å²) >= 11 is 1.24. The van der Waals surface area contributed by atoms with Gasteiger partial charge in [0.25, 0.3) is 5.56 Å². The number of aryl methyl sites for hydroxylation is 2. The maximum absolute atomic E-state index is 12.4. The first-order chi connectivity index (χ1) is 10.4. The highest BCUT2D eigenvalue weighted by molar-refractivity contribution is 8.00. The van der Waals surface area contributed by atoms with Gasteiger partial charge in [0, 0.05) is 36.6 Å². The van der Waals surface area contributed by atoms with Gasteiger partial charge in [-0.1, -0.05) is 11.8 Å². The minimum Gasteiger partial charge on any atom is -0.340 e. The largest absolute Gasteiger partial charge is 0.340 e. The van der Waals surface area contributed by atoms with Crippen LogP contribution in [0.2, 0.25) is 0 Å². The second kappa shape index (κ2) is 6.78. The van der Waals surface area contributed by atoms with E-state index in [1.165, 1.54) is 17.8 Å². The maximum atomic E-state index is 12.4. The summed E-state index contributed by atoms with van der Waals surface area (Å²) < 4.78 is 0. The highest BCUT2D eigenvalue weighted by Gasteiger charge is 2.20. The molecule has 1 amide bonds. The quantitative estimate of drug-likeness (QED) is 0.638. The number of carbonyl (C=O) groups is 1. The van der Waals surface area contributed by atoms with Gasteiger partial charge >= 0.3 is 0 Å². The molecule has 8 heteroatoms. The number of amides is 1. The average molecular weight is 321 g/mol. The molecule has 0 saturated heterocycles. The topological polar surface area (TPSA) is 94.7 Å². The number of thioether (sulfide) groups is 1. The molecule has 118 valence electrons. The number of carbonyl (C=O) groups excluding carboxylic acids is 1. The first kappa shape index (κ1) is 16.3. The van der Waals surface area contributed by atoms with Crippen LogP contribution >= 0.6 is 11.8 Å². The Morgan fingerprint density at radius 2 is 2.18 bits per heavy atom. The number of rotatable bonds is 5. The number of hydrogen-bond donors (Lipinski definition) is 2. The fraction of sp³-hybridized carbons (Fsp3) is 0.429. The van der Waals surface area contributed by atoms with E-state index in [4.69, 9.17) is 0 Å². The Morgan fingerprint density at radius 3 is 2.77 bits per heavy atom. The van der Waals surface area contributed by atoms with Crippen LogP contribution in [-0.4, -0.2) is 43.3 Å². The second-order valence-corrected chi connectivity index (χ2v) is 6.50. The molecule has 0 aliphatic carbocycles. The van der Waals surface area contributed by atoms with Crippen molar-refractivity contribution in [2.45, 2.75) is 37.7 Å². The third-order valence-corrected chi connectivity index (χ3v) is 4.17. The lowest BCUT2D eigenvalue weighted by molar-refractivity contribution is -0.129. The molecule has 0 spiro atoms. The van der Waals surface area contributed by atoms with Gasteiger partial charge in [0.1, 0.15) is 0 Å². The van der Waals surface area contributed by atoms with Gasteiger partial charge < -0.3 is 9.88 Å². The molecule has 2 aromatic heterocycles. The third-order valence-electron chi connectivity index (χ3n) is 3.20. The number of aromatic nitrogens is 4. The zero-order valence-corrected chi connectivity index (χ0v) is 13.8. The van der Waals surface area contributed by atoms with E-state index in [2.05, 4.69) is 20.2 Å². The van der Waals surface area contributed by atoms with Crippen LogP contribution in [-0.2, 0) is 11.3 Å². The molecule has 2 rings (SSSR count). The smallest absolute Gasteiger partial charge is 0.251 e. The molecule has 0 aliphatic heterocycles. The van der Waals surface area contributed by atoms with Gasteiger partial charge in [0.15, 0.2) is 5.16 Å². The minimum atomic E-state index is -0.345. The van der Waals surface area contributed by atoms with Gasteiger partial charge in [-0.15, -0.1) is 0 Å². The zero-order chi connectivity index (χ0) is 16.3. The molecular weight excluding hydrogens is 302 g/mol. The molecule has 2 N–H and O–H groups in total. The Balaban J connectivity index is 2.02. The Labute approximate surface area is 132 Å². The van der Waals surface area contributed by atoms with Crippen molar-refractivity contribution in [3.05, 3.63) is 39.6 Å². The van der Waals surface area contributed by atoms with E-state index in [0.29, 0.717) is 17.4 Å². The lowest BCUT2D eigenvalue weighted by atomic mass is 10.2. The van der Waals surface area contributed by atoms with E-state index >= 15 is 0 Å². The summed E-state index contributed by atoms with van der Waals surface area (Å²) in [6.45, 7) is 5.96. The van der Waals surface area contributed by atoms with Gasteiger partial charge in [-0.2, -0.15) is 5.10 Å². The molecule has 1 atom stereocenters. The van der Waals surface area contributed by atoms with E-state index in [0.717, 1.165) is 11.3 Å². The number of nitrogens with one attached hydrogen (secondary N) is 2. The van der Waals surface area contributed by atoms with Gasteiger partial charge in [0.05, 0.1) is 11.4 Å². The Morgan fingerprint density at radius 1 is 1.45 bits per heavy atom. The molecule has 0 fully saturated rings. The fourth-order valence-corrected chi connectivity index (χ4v) is 2.98. The predicted molar refractivity (Wildman–Crippen MR) is 84.7 cm³/mol. The van der Waals surface area contributed by atoms with E-state index in [1.807, 2.05) is 6.92 Å². The minimum absolute atomic E-state index is 0.0326. The van der Waals surface area contributed by atoms with Crippen LogP contribution in [0, 0.1) is 13.8 Å². The van der Waals surface area contributed by atoms with Crippen molar-refractivity contribution in [3.8, 4) is 0 Å². The molecule has 0 saturated carbocycles. The molecule has 2 heterocycles. The third kappa shape index (κ3) is 3.97. The lowest BCUT2D eigenvalue weighted by Gasteiger charge is -2.20. The summed E-state index contributed by atoms with van der Waals surface area (Å²) in [7, 11) is 1.75. The molecule has 0 aliphatic rings. The average Bonchev–Trinajstić information content (AvgIpc) is 2.82. The van der Waals surface area contributed by atoms with Gasteiger partial charge in [-0.3, -0.25) is 14.7 Å². The molecule has 2 aromatic rings. The first-order valence-corrected chi connectivity index (χ1v) is 7.73. The molecule has 0 aromatic carbocycles. The van der Waals surface area contributed by atoms with Gasteiger partial charge in [0.2, 0.25) is 5.91 Å². The highest BCUT2D eigenvalue weighted by Crippen LogP contribution is 2.20. The normalized spacial score (nSPS) is 12.2. The molecule has 0 unspecified atom stereocenters. The van der Waals surface area contributed by atoms with Crippen molar-refractivity contribution in [2.75, 3.05) is 7.05 Å². The van der Waals surface area contributed by atoms with Gasteiger partial charge in [-0.25, -0.2) is 4.98 Å². The number of hydrogen-bond acceptors (Lipinski definition) is 5. The van der Waals surface area contributed by atoms with Crippen molar-refractivity contribution in [1.29, 1.82) is 0 Å². The summed E-state index contributed by atoms with van der Waals surface area (Å²) in [5.41, 5.74) is 2.35. The second-order valence-electron chi connectivity index (χ2n) is 5.17. The van der Waals surface area contributed by atoms with Crippen LogP contribution in [0.25, 0.3) is 0 Å². The number of H-pyrrole nitrogens is 2. The van der Waals surface area contributed by atoms with Crippen molar-refractivity contribution in [3.63, 3.8) is 0 Å². The Kier molecular flexibility index (Phi) is 5.02. The molecular formula is C14H19N5O2S. The summed E-state index contributed by atoms with van der Waals surface area (Å²) in [4.78, 5) is 32.3. The van der Waals surface area contributed by atoms with Crippen LogP contribution in [0.15, 0.2) is 22.2 Å². The molecule has 7 nitrogen and oxygen atoms in total. The monoisotopic (exact) mass is 321 g/mol. The Hall–Kier alpha value is -2.09. The van der Waals surface area contributed by atoms with E-state index < -0.39 is 0 Å². The highest BCUT2D eigenvalue weighted by atomic mass is 32.2. The van der Waals surface area contributed by atoms with E-state index in [9.17, 15) is 9.59 Å². The molecule has 22 heavy (non-hydrogen) atoms. The Bertz CT molecular complexity index is 724. The van der Waals surface area contributed by atoms with E-state index in [1.54, 1.807) is 32.0 Å². The molecule has 0 bridgehead atoms. The number of aromatic amines is 2. The van der Waals surface area contributed by atoms with Crippen LogP contribution in [0.5, 0.6) is 0 Å². The van der Waals surface area contributed by atoms with Crippen molar-refractivity contribution in [1.82, 2.24) is 25.1 Å². The summed E-state index contributed by atoms with van der Waals surface area (Å²) in [5.74, 6) is -0.0326. The summed E-state index contributed by atoms with van der Waals surface area (Å²) in [6.07, 6.45) is 1.72. The van der Waals surface area contributed by atoms with Crippen LogP contribution in [0.3, 0.4) is 0 Å². The lowest BCUT2D eigenvalue weighted by Crippen LogP contribution is -2.33. The SMILES string of the molecule is Cc1cc(=O)[nH]c(S[C@@H](C)C(=O)N(C)Cc2cn[nH]c2C)n1.